The Morgan fingerprint density at radius 3 is 2.21 bits per heavy atom. The third-order valence-corrected chi connectivity index (χ3v) is 3.99. The highest BCUT2D eigenvalue weighted by Gasteiger charge is 2.52. The maximum Gasteiger partial charge on any atom is 0.461 e. The molecule has 0 radical (unpaired) electrons. The summed E-state index contributed by atoms with van der Waals surface area (Å²) in [7, 11) is -0.344. The molecule has 0 amide bonds. The largest absolute Gasteiger partial charge is 0.466 e. The van der Waals surface area contributed by atoms with Gasteiger partial charge >= 0.3 is 13.1 Å². The molecule has 0 unspecified atom stereocenters. The molecule has 0 aromatic rings. The number of carbonyl (C=O) groups is 1. The van der Waals surface area contributed by atoms with Crippen LogP contribution in [0.1, 0.15) is 60.8 Å². The Hall–Kier alpha value is -0.545. The Morgan fingerprint density at radius 2 is 1.74 bits per heavy atom. The molecule has 0 spiro atoms. The van der Waals surface area contributed by atoms with Crippen molar-refractivity contribution >= 4 is 13.1 Å². The maximum atomic E-state index is 11.7. The molecule has 1 atom stereocenters. The van der Waals surface area contributed by atoms with Crippen molar-refractivity contribution < 1.29 is 18.8 Å². The lowest BCUT2D eigenvalue weighted by atomic mass is 9.71. The van der Waals surface area contributed by atoms with Crippen LogP contribution >= 0.6 is 0 Å². The van der Waals surface area contributed by atoms with Crippen molar-refractivity contribution in [2.24, 2.45) is 0 Å². The van der Waals surface area contributed by atoms with E-state index in [1.807, 2.05) is 34.6 Å². The highest BCUT2D eigenvalue weighted by molar-refractivity contribution is 6.47. The fraction of sp³-hybridized carbons (Fsp3) is 0.929. The van der Waals surface area contributed by atoms with Crippen LogP contribution in [0.3, 0.4) is 0 Å². The molecule has 0 aromatic carbocycles. The zero-order chi connectivity index (χ0) is 14.7. The van der Waals surface area contributed by atoms with E-state index in [2.05, 4.69) is 6.92 Å². The summed E-state index contributed by atoms with van der Waals surface area (Å²) in [5.74, 6) is -0.175. The third-order valence-electron chi connectivity index (χ3n) is 3.99. The van der Waals surface area contributed by atoms with Crippen molar-refractivity contribution in [1.29, 1.82) is 0 Å². The van der Waals surface area contributed by atoms with Gasteiger partial charge in [0.1, 0.15) is 0 Å². The number of rotatable bonds is 6. The molecule has 1 saturated heterocycles. The van der Waals surface area contributed by atoms with Crippen LogP contribution in [-0.4, -0.2) is 30.9 Å². The van der Waals surface area contributed by atoms with Gasteiger partial charge in [-0.15, -0.1) is 0 Å². The van der Waals surface area contributed by atoms with Crippen LogP contribution in [0.25, 0.3) is 0 Å². The molecule has 1 rings (SSSR count). The normalized spacial score (nSPS) is 22.3. The van der Waals surface area contributed by atoms with Crippen LogP contribution in [0, 0.1) is 0 Å². The topological polar surface area (TPSA) is 44.8 Å². The minimum Gasteiger partial charge on any atom is -0.466 e. The summed E-state index contributed by atoms with van der Waals surface area (Å²) < 4.78 is 17.0. The van der Waals surface area contributed by atoms with Crippen LogP contribution < -0.4 is 0 Å². The maximum absolute atomic E-state index is 11.7. The van der Waals surface area contributed by atoms with Crippen molar-refractivity contribution in [2.45, 2.75) is 77.8 Å². The molecule has 110 valence electrons. The van der Waals surface area contributed by atoms with Gasteiger partial charge in [-0.2, -0.15) is 0 Å². The zero-order valence-corrected chi connectivity index (χ0v) is 13.1. The van der Waals surface area contributed by atoms with E-state index in [9.17, 15) is 4.79 Å². The Bertz CT molecular complexity index is 299. The number of carbonyl (C=O) groups excluding carboxylic acids is 1. The Kier molecular flexibility index (Phi) is 5.45. The van der Waals surface area contributed by atoms with E-state index < -0.39 is 0 Å². The van der Waals surface area contributed by atoms with Gasteiger partial charge in [0.15, 0.2) is 0 Å². The molecule has 1 fully saturated rings. The fourth-order valence-corrected chi connectivity index (χ4v) is 1.87. The van der Waals surface area contributed by atoms with E-state index >= 15 is 0 Å². The quantitative estimate of drug-likeness (QED) is 0.422. The molecule has 0 saturated carbocycles. The Morgan fingerprint density at radius 1 is 1.21 bits per heavy atom. The number of ether oxygens (including phenoxy) is 1. The van der Waals surface area contributed by atoms with E-state index in [4.69, 9.17) is 14.0 Å². The lowest BCUT2D eigenvalue weighted by molar-refractivity contribution is -0.143. The van der Waals surface area contributed by atoms with Crippen molar-refractivity contribution in [3.8, 4) is 0 Å². The standard InChI is InChI=1S/C14H27BO4/c1-7-8-9-17-12(16)10-11(2)15-18-13(3,4)14(5,6)19-15/h11H,7-10H2,1-6H3/t11-/m1/s1. The SMILES string of the molecule is CCCCOC(=O)C[C@@H](C)B1OC(C)(C)C(C)(C)O1. The highest BCUT2D eigenvalue weighted by atomic mass is 16.7. The molecular weight excluding hydrogens is 243 g/mol. The fourth-order valence-electron chi connectivity index (χ4n) is 1.87. The van der Waals surface area contributed by atoms with Gasteiger partial charge in [-0.1, -0.05) is 20.3 Å². The molecule has 4 nitrogen and oxygen atoms in total. The monoisotopic (exact) mass is 270 g/mol. The number of hydrogen-bond acceptors (Lipinski definition) is 4. The van der Waals surface area contributed by atoms with Gasteiger partial charge < -0.3 is 14.0 Å². The van der Waals surface area contributed by atoms with Crippen molar-refractivity contribution in [1.82, 2.24) is 0 Å². The summed E-state index contributed by atoms with van der Waals surface area (Å²) >= 11 is 0. The minimum absolute atomic E-state index is 0.00447. The molecule has 1 aliphatic rings. The van der Waals surface area contributed by atoms with Crippen LogP contribution in [0.15, 0.2) is 0 Å². The van der Waals surface area contributed by atoms with Crippen molar-refractivity contribution in [3.63, 3.8) is 0 Å². The molecule has 19 heavy (non-hydrogen) atoms. The predicted octanol–water partition coefficient (Wildman–Crippen LogP) is 3.20. The van der Waals surface area contributed by atoms with Gasteiger partial charge in [-0.25, -0.2) is 0 Å². The zero-order valence-electron chi connectivity index (χ0n) is 13.1. The van der Waals surface area contributed by atoms with Gasteiger partial charge in [-0.3, -0.25) is 4.79 Å². The van der Waals surface area contributed by atoms with Crippen molar-refractivity contribution in [2.75, 3.05) is 6.61 Å². The van der Waals surface area contributed by atoms with Gasteiger partial charge in [0.25, 0.3) is 0 Å². The van der Waals surface area contributed by atoms with Crippen molar-refractivity contribution in [3.05, 3.63) is 0 Å². The lowest BCUT2D eigenvalue weighted by Crippen LogP contribution is -2.41. The highest BCUT2D eigenvalue weighted by Crippen LogP contribution is 2.40. The number of hydrogen-bond donors (Lipinski definition) is 0. The Labute approximate surface area is 117 Å². The van der Waals surface area contributed by atoms with E-state index in [0.717, 1.165) is 12.8 Å². The van der Waals surface area contributed by atoms with E-state index in [-0.39, 0.29) is 30.1 Å². The minimum atomic E-state index is -0.349. The summed E-state index contributed by atoms with van der Waals surface area (Å²) in [6.07, 6.45) is 2.28. The average Bonchev–Trinajstić information content (AvgIpc) is 2.48. The first-order valence-corrected chi connectivity index (χ1v) is 7.21. The van der Waals surface area contributed by atoms with E-state index in [1.165, 1.54) is 0 Å². The molecular formula is C14H27BO4. The van der Waals surface area contributed by atoms with E-state index in [1.54, 1.807) is 0 Å². The van der Waals surface area contributed by atoms with Gasteiger partial charge in [-0.05, 0) is 34.1 Å². The van der Waals surface area contributed by atoms with Gasteiger partial charge in [0, 0.05) is 12.2 Å². The summed E-state index contributed by atoms with van der Waals surface area (Å²) in [6, 6.07) is 0. The van der Waals surface area contributed by atoms with Gasteiger partial charge in [0.2, 0.25) is 0 Å². The second-order valence-electron chi connectivity index (χ2n) is 6.38. The molecule has 0 bridgehead atoms. The Balaban J connectivity index is 2.43. The first kappa shape index (κ1) is 16.5. The second kappa shape index (κ2) is 6.27. The summed E-state index contributed by atoms with van der Waals surface area (Å²) in [5, 5.41) is 0. The van der Waals surface area contributed by atoms with Crippen LogP contribution in [0.2, 0.25) is 5.82 Å². The first-order chi connectivity index (χ1) is 8.69. The molecule has 0 aromatic heterocycles. The molecule has 0 N–H and O–H groups in total. The van der Waals surface area contributed by atoms with E-state index in [0.29, 0.717) is 13.0 Å². The predicted molar refractivity (Wildman–Crippen MR) is 76.0 cm³/mol. The second-order valence-corrected chi connectivity index (χ2v) is 6.38. The summed E-state index contributed by atoms with van der Waals surface area (Å²) in [4.78, 5) is 11.7. The number of unbranched alkanes of at least 4 members (excludes halogenated alkanes) is 1. The smallest absolute Gasteiger partial charge is 0.461 e. The number of esters is 1. The van der Waals surface area contributed by atoms with Gasteiger partial charge in [0.05, 0.1) is 17.8 Å². The summed E-state index contributed by atoms with van der Waals surface area (Å²) in [5.41, 5.74) is -0.698. The van der Waals surface area contributed by atoms with Crippen LogP contribution in [-0.2, 0) is 18.8 Å². The lowest BCUT2D eigenvalue weighted by Gasteiger charge is -2.32. The summed E-state index contributed by atoms with van der Waals surface area (Å²) in [6.45, 7) is 12.6. The van der Waals surface area contributed by atoms with Crippen LogP contribution in [0.5, 0.6) is 0 Å². The average molecular weight is 270 g/mol. The first-order valence-electron chi connectivity index (χ1n) is 7.21. The molecule has 5 heteroatoms. The molecule has 1 aliphatic heterocycles. The third kappa shape index (κ3) is 4.21. The van der Waals surface area contributed by atoms with Crippen LogP contribution in [0.4, 0.5) is 0 Å². The molecule has 1 heterocycles. The molecule has 0 aliphatic carbocycles.